The number of amides is 1. The van der Waals surface area contributed by atoms with E-state index >= 15 is 0 Å². The number of hydrogen-bond donors (Lipinski definition) is 2. The average Bonchev–Trinajstić information content (AvgIpc) is 2.73. The van der Waals surface area contributed by atoms with Crippen LogP contribution >= 0.6 is 0 Å². The Morgan fingerprint density at radius 2 is 2.06 bits per heavy atom. The lowest BCUT2D eigenvalue weighted by Crippen LogP contribution is -2.50. The van der Waals surface area contributed by atoms with Crippen LogP contribution in [0.25, 0.3) is 0 Å². The van der Waals surface area contributed by atoms with Crippen LogP contribution in [0, 0.1) is 11.3 Å². The lowest BCUT2D eigenvalue weighted by molar-refractivity contribution is -0.143. The van der Waals surface area contributed by atoms with Crippen LogP contribution in [0.15, 0.2) is 0 Å². The van der Waals surface area contributed by atoms with Crippen molar-refractivity contribution in [1.29, 1.82) is 0 Å². The molecule has 1 saturated heterocycles. The van der Waals surface area contributed by atoms with Gasteiger partial charge in [0.1, 0.15) is 0 Å². The number of hydrogen-bond acceptors (Lipinski definition) is 3. The quantitative estimate of drug-likeness (QED) is 0.773. The van der Waals surface area contributed by atoms with Crippen molar-refractivity contribution in [3.63, 3.8) is 0 Å². The molecular weight excluding hydrogens is 228 g/mol. The van der Waals surface area contributed by atoms with Crippen molar-refractivity contribution >= 4 is 5.91 Å². The third-order valence-corrected chi connectivity index (χ3v) is 4.80. The van der Waals surface area contributed by atoms with Crippen LogP contribution in [0.2, 0.25) is 0 Å². The minimum absolute atomic E-state index is 0.0600. The van der Waals surface area contributed by atoms with E-state index in [4.69, 9.17) is 0 Å². The third kappa shape index (κ3) is 2.54. The fourth-order valence-corrected chi connectivity index (χ4v) is 3.41. The number of nitrogens with zero attached hydrogens (tertiary/aromatic N) is 1. The average molecular weight is 254 g/mol. The van der Waals surface area contributed by atoms with Gasteiger partial charge in [-0.15, -0.1) is 0 Å². The Morgan fingerprint density at radius 3 is 2.61 bits per heavy atom. The van der Waals surface area contributed by atoms with Gasteiger partial charge < -0.3 is 15.3 Å². The van der Waals surface area contributed by atoms with E-state index in [9.17, 15) is 9.90 Å². The number of rotatable bonds is 2. The molecule has 1 amide bonds. The van der Waals surface area contributed by atoms with E-state index < -0.39 is 6.10 Å². The van der Waals surface area contributed by atoms with Gasteiger partial charge in [0.25, 0.3) is 0 Å². The first kappa shape index (κ1) is 13.8. The van der Waals surface area contributed by atoms with Gasteiger partial charge in [0, 0.05) is 26.1 Å². The van der Waals surface area contributed by atoms with Crippen LogP contribution in [0.4, 0.5) is 0 Å². The van der Waals surface area contributed by atoms with Gasteiger partial charge in [0.05, 0.1) is 12.1 Å². The molecule has 0 aromatic carbocycles. The summed E-state index contributed by atoms with van der Waals surface area (Å²) in [6, 6.07) is -0.0600. The predicted molar refractivity (Wildman–Crippen MR) is 71.2 cm³/mol. The maximum absolute atomic E-state index is 12.6. The van der Waals surface area contributed by atoms with Crippen molar-refractivity contribution in [2.45, 2.75) is 51.7 Å². The van der Waals surface area contributed by atoms with Gasteiger partial charge in [0.15, 0.2) is 0 Å². The smallest absolute Gasteiger partial charge is 0.226 e. The predicted octanol–water partition coefficient (Wildman–Crippen LogP) is 0.994. The summed E-state index contributed by atoms with van der Waals surface area (Å²) in [5.74, 6) is 0.330. The highest BCUT2D eigenvalue weighted by Crippen LogP contribution is 2.41. The van der Waals surface area contributed by atoms with E-state index in [1.165, 1.54) is 6.42 Å². The molecule has 1 saturated carbocycles. The van der Waals surface area contributed by atoms with Gasteiger partial charge >= 0.3 is 0 Å². The van der Waals surface area contributed by atoms with Gasteiger partial charge in [-0.2, -0.15) is 0 Å². The lowest BCUT2D eigenvalue weighted by atomic mass is 9.68. The Kier molecular flexibility index (Phi) is 3.97. The molecule has 0 aromatic heterocycles. The molecule has 1 unspecified atom stereocenters. The van der Waals surface area contributed by atoms with Gasteiger partial charge in [-0.1, -0.05) is 26.7 Å². The first-order valence-corrected chi connectivity index (χ1v) is 7.09. The number of likely N-dealkylation sites (N-methyl/N-ethyl adjacent to an activating group) is 1. The molecule has 104 valence electrons. The van der Waals surface area contributed by atoms with Gasteiger partial charge in [0.2, 0.25) is 5.91 Å². The second-order valence-electron chi connectivity index (χ2n) is 6.53. The standard InChI is InChI=1S/C14H26N2O2/c1-14(2)7-5-4-6-10(14)13(18)16(3)11-8-15-9-12(11)17/h10-12,15,17H,4-9H2,1-3H3/t10?,11-,12-/m0/s1. The van der Waals surface area contributed by atoms with Crippen LogP contribution in [0.5, 0.6) is 0 Å². The van der Waals surface area contributed by atoms with E-state index in [1.54, 1.807) is 4.90 Å². The minimum Gasteiger partial charge on any atom is -0.390 e. The molecule has 1 aliphatic carbocycles. The van der Waals surface area contributed by atoms with E-state index in [1.807, 2.05) is 7.05 Å². The molecule has 2 fully saturated rings. The summed E-state index contributed by atoms with van der Waals surface area (Å²) in [4.78, 5) is 14.4. The molecular formula is C14H26N2O2. The summed E-state index contributed by atoms with van der Waals surface area (Å²) >= 11 is 0. The van der Waals surface area contributed by atoms with Crippen molar-refractivity contribution in [1.82, 2.24) is 10.2 Å². The fraction of sp³-hybridized carbons (Fsp3) is 0.929. The van der Waals surface area contributed by atoms with Crippen molar-refractivity contribution < 1.29 is 9.90 Å². The molecule has 4 nitrogen and oxygen atoms in total. The molecule has 2 rings (SSSR count). The molecule has 2 N–H and O–H groups in total. The first-order valence-electron chi connectivity index (χ1n) is 7.09. The molecule has 1 aliphatic heterocycles. The van der Waals surface area contributed by atoms with Gasteiger partial charge in [-0.3, -0.25) is 4.79 Å². The monoisotopic (exact) mass is 254 g/mol. The Morgan fingerprint density at radius 1 is 1.33 bits per heavy atom. The van der Waals surface area contributed by atoms with E-state index in [-0.39, 0.29) is 23.3 Å². The second kappa shape index (κ2) is 5.17. The summed E-state index contributed by atoms with van der Waals surface area (Å²) in [7, 11) is 1.84. The van der Waals surface area contributed by atoms with Crippen LogP contribution in [-0.4, -0.2) is 48.2 Å². The molecule has 4 heteroatoms. The zero-order chi connectivity index (χ0) is 13.3. The Balaban J connectivity index is 2.05. The highest BCUT2D eigenvalue weighted by atomic mass is 16.3. The Labute approximate surface area is 110 Å². The number of aliphatic hydroxyl groups excluding tert-OH is 1. The Hall–Kier alpha value is -0.610. The van der Waals surface area contributed by atoms with Gasteiger partial charge in [-0.25, -0.2) is 0 Å². The molecule has 3 atom stereocenters. The van der Waals surface area contributed by atoms with Crippen LogP contribution in [0.3, 0.4) is 0 Å². The summed E-state index contributed by atoms with van der Waals surface area (Å²) < 4.78 is 0. The lowest BCUT2D eigenvalue weighted by Gasteiger charge is -2.41. The highest BCUT2D eigenvalue weighted by molar-refractivity contribution is 5.80. The normalized spacial score (nSPS) is 35.4. The zero-order valence-electron chi connectivity index (χ0n) is 11.8. The molecule has 0 spiro atoms. The SMILES string of the molecule is CN(C(=O)C1CCCCC1(C)C)[C@H]1CNC[C@@H]1O. The van der Waals surface area contributed by atoms with Crippen LogP contribution in [-0.2, 0) is 4.79 Å². The summed E-state index contributed by atoms with van der Waals surface area (Å²) in [5.41, 5.74) is 0.0978. The van der Waals surface area contributed by atoms with E-state index in [0.29, 0.717) is 13.1 Å². The molecule has 2 aliphatic rings. The number of β-amino-alcohol motifs (C(OH)–C–C–N with tert-alkyl or cyclic N) is 1. The number of carbonyl (C=O) groups is 1. The highest BCUT2D eigenvalue weighted by Gasteiger charge is 2.41. The Bertz CT molecular complexity index is 317. The molecule has 0 radical (unpaired) electrons. The molecule has 18 heavy (non-hydrogen) atoms. The maximum atomic E-state index is 12.6. The van der Waals surface area contributed by atoms with E-state index in [0.717, 1.165) is 19.3 Å². The summed E-state index contributed by atoms with van der Waals surface area (Å²) in [6.07, 6.45) is 4.08. The van der Waals surface area contributed by atoms with Crippen molar-refractivity contribution in [2.24, 2.45) is 11.3 Å². The molecule has 0 aromatic rings. The number of aliphatic hydroxyl groups is 1. The fourth-order valence-electron chi connectivity index (χ4n) is 3.41. The second-order valence-corrected chi connectivity index (χ2v) is 6.53. The zero-order valence-corrected chi connectivity index (χ0v) is 11.8. The molecule has 1 heterocycles. The molecule has 0 bridgehead atoms. The van der Waals surface area contributed by atoms with Gasteiger partial charge in [-0.05, 0) is 18.3 Å². The largest absolute Gasteiger partial charge is 0.390 e. The number of nitrogens with one attached hydrogen (secondary N) is 1. The van der Waals surface area contributed by atoms with Crippen LogP contribution < -0.4 is 5.32 Å². The topological polar surface area (TPSA) is 52.6 Å². The van der Waals surface area contributed by atoms with Crippen molar-refractivity contribution in [3.8, 4) is 0 Å². The van der Waals surface area contributed by atoms with Crippen LogP contribution in [0.1, 0.15) is 39.5 Å². The van der Waals surface area contributed by atoms with Crippen molar-refractivity contribution in [2.75, 3.05) is 20.1 Å². The van der Waals surface area contributed by atoms with E-state index in [2.05, 4.69) is 19.2 Å². The number of carbonyl (C=O) groups excluding carboxylic acids is 1. The third-order valence-electron chi connectivity index (χ3n) is 4.80. The van der Waals surface area contributed by atoms with Crippen molar-refractivity contribution in [3.05, 3.63) is 0 Å². The summed E-state index contributed by atoms with van der Waals surface area (Å²) in [6.45, 7) is 5.70. The maximum Gasteiger partial charge on any atom is 0.226 e. The summed E-state index contributed by atoms with van der Waals surface area (Å²) in [5, 5.41) is 13.0. The minimum atomic E-state index is -0.425. The first-order chi connectivity index (χ1) is 8.43.